The van der Waals surface area contributed by atoms with Gasteiger partial charge in [-0.25, -0.2) is 47.9 Å². The molecular weight excluding hydrogens is 1930 g/mol. The Hall–Kier alpha value is -13.4. The van der Waals surface area contributed by atoms with Crippen LogP contribution in [0.5, 0.6) is 0 Å². The predicted molar refractivity (Wildman–Crippen MR) is 437 cm³/mol. The summed E-state index contributed by atoms with van der Waals surface area (Å²) in [5.41, 5.74) is 0. The number of carbonyl (C=O) groups excluding carboxylic acids is 8. The fraction of sp³-hybridized carbons (Fsp3) is 0.806. The van der Waals surface area contributed by atoms with E-state index in [1.807, 2.05) is 10.6 Å². The predicted octanol–water partition coefficient (Wildman–Crippen LogP) is 4.36. The summed E-state index contributed by atoms with van der Waals surface area (Å²) in [6.07, 6.45) is 2.82. The highest BCUT2D eigenvalue weighted by molar-refractivity contribution is 8.14. The topological polar surface area (TPSA) is 931 Å². The van der Waals surface area contributed by atoms with Gasteiger partial charge in [-0.3, -0.25) is 9.59 Å². The van der Waals surface area contributed by atoms with E-state index in [-0.39, 0.29) is 179 Å². The van der Waals surface area contributed by atoms with Gasteiger partial charge in [0, 0.05) is 35.9 Å². The Morgan fingerprint density at radius 1 is 0.254 bits per heavy atom. The molecule has 4 amide bonds. The van der Waals surface area contributed by atoms with E-state index in [0.717, 1.165) is 11.8 Å². The number of hydrogen-bond acceptors (Lipinski definition) is 54. The van der Waals surface area contributed by atoms with E-state index < -0.39 is 170 Å². The normalized spacial score (nSPS) is 11.6. The van der Waals surface area contributed by atoms with Crippen LogP contribution in [0.4, 0.5) is 28.8 Å². The summed E-state index contributed by atoms with van der Waals surface area (Å²) in [5.74, 6) is -7.12. The van der Waals surface area contributed by atoms with Crippen LogP contribution in [-0.4, -0.2) is 319 Å². The summed E-state index contributed by atoms with van der Waals surface area (Å²) < 4.78 is 38.7. The van der Waals surface area contributed by atoms with Gasteiger partial charge in [0.2, 0.25) is 5.91 Å². The van der Waals surface area contributed by atoms with Crippen molar-refractivity contribution in [1.82, 2.24) is 21.3 Å². The van der Waals surface area contributed by atoms with Crippen molar-refractivity contribution < 1.29 is 215 Å². The molecule has 8 N–H and O–H groups in total. The van der Waals surface area contributed by atoms with Crippen molar-refractivity contribution in [2.24, 2.45) is 0 Å². The van der Waals surface area contributed by atoms with Gasteiger partial charge in [0.1, 0.15) is 76.0 Å². The molecule has 0 rings (SSSR count). The average molecular weight is 2040 g/mol. The molecule has 768 valence electrons. The van der Waals surface area contributed by atoms with Crippen molar-refractivity contribution in [3.8, 4) is 0 Å². The lowest BCUT2D eigenvalue weighted by molar-refractivity contribution is -0.790. The van der Waals surface area contributed by atoms with Gasteiger partial charge in [-0.05, 0) is 138 Å². The lowest BCUT2D eigenvalue weighted by atomic mass is 10.2. The van der Waals surface area contributed by atoms with Crippen molar-refractivity contribution in [2.75, 3.05) is 142 Å². The van der Waals surface area contributed by atoms with Crippen LogP contribution in [0.3, 0.4) is 0 Å². The number of thioether (sulfide) groups is 4. The molecule has 6 unspecified atom stereocenters. The number of hydrogen-bond donors (Lipinski definition) is 8. The number of carboxylic acids is 4. The zero-order valence-electron chi connectivity index (χ0n) is 70.9. The maximum absolute atomic E-state index is 11.8. The Morgan fingerprint density at radius 2 is 0.500 bits per heavy atom. The Balaban J connectivity index is -0.000000848. The number of alkyl carbamates (subject to hydrolysis) is 3. The smallest absolute Gasteiger partial charge is 0.407 e. The third kappa shape index (κ3) is 93.2. The van der Waals surface area contributed by atoms with Crippen molar-refractivity contribution in [3.63, 3.8) is 0 Å². The number of ether oxygens (including phenoxy) is 8. The van der Waals surface area contributed by atoms with E-state index in [2.05, 4.69) is 63.7 Å². The molecular formula is C62H102N14O54S4. The molecule has 0 saturated carbocycles. The van der Waals surface area contributed by atoms with Gasteiger partial charge >= 0.3 is 58.1 Å². The van der Waals surface area contributed by atoms with Crippen LogP contribution in [0.25, 0.3) is 0 Å². The summed E-state index contributed by atoms with van der Waals surface area (Å²) in [6.45, 7) is -3.04. The second-order valence-corrected chi connectivity index (χ2v) is 28.8. The van der Waals surface area contributed by atoms with Crippen LogP contribution < -0.4 is 21.3 Å². The lowest BCUT2D eigenvalue weighted by Gasteiger charge is -2.15. The number of unbranched alkanes of at least 4 members (excludes halogenated alkanes) is 12. The first-order chi connectivity index (χ1) is 63.4. The average Bonchev–Trinajstić information content (AvgIpc) is 0.941. The number of nitrogens with one attached hydrogen (secondary N) is 4. The van der Waals surface area contributed by atoms with Crippen LogP contribution >= 0.6 is 47.0 Å². The molecule has 0 spiro atoms. The first kappa shape index (κ1) is 127. The second-order valence-electron chi connectivity index (χ2n) is 24.8. The summed E-state index contributed by atoms with van der Waals surface area (Å²) in [6, 6.07) is -5.55. The number of carboxylic acid groups (broad SMARTS) is 4. The molecule has 0 fully saturated rings. The van der Waals surface area contributed by atoms with Crippen LogP contribution in [-0.2, 0) is 115 Å². The van der Waals surface area contributed by atoms with Crippen molar-refractivity contribution in [1.29, 1.82) is 0 Å². The molecule has 0 aliphatic heterocycles. The van der Waals surface area contributed by atoms with Crippen LogP contribution in [0, 0.1) is 101 Å². The molecule has 134 heavy (non-hydrogen) atoms. The van der Waals surface area contributed by atoms with E-state index in [4.69, 9.17) is 48.5 Å². The molecule has 0 aromatic heterocycles. The maximum Gasteiger partial charge on any atom is 0.407 e. The summed E-state index contributed by atoms with van der Waals surface area (Å²) in [7, 11) is 0. The van der Waals surface area contributed by atoms with Gasteiger partial charge < -0.3 is 128 Å². The number of aliphatic carboxylic acids is 4. The fourth-order valence-electron chi connectivity index (χ4n) is 8.50. The third-order valence-electron chi connectivity index (χ3n) is 14.6. The summed E-state index contributed by atoms with van der Waals surface area (Å²) in [5, 5.41) is 133. The third-order valence-corrected chi connectivity index (χ3v) is 18.1. The van der Waals surface area contributed by atoms with E-state index in [0.29, 0.717) is 125 Å². The van der Waals surface area contributed by atoms with Crippen molar-refractivity contribution in [3.05, 3.63) is 101 Å². The first-order valence-electron chi connectivity index (χ1n) is 39.0. The van der Waals surface area contributed by atoms with Gasteiger partial charge in [0.25, 0.3) is 50.9 Å². The molecule has 0 aromatic rings. The van der Waals surface area contributed by atoms with Gasteiger partial charge in [0.15, 0.2) is 5.12 Å². The van der Waals surface area contributed by atoms with Crippen molar-refractivity contribution in [2.45, 2.75) is 178 Å². The molecule has 0 bridgehead atoms. The molecule has 0 aliphatic rings. The summed E-state index contributed by atoms with van der Waals surface area (Å²) in [4.78, 5) is 281. The van der Waals surface area contributed by atoms with E-state index in [9.17, 15) is 164 Å². The Kier molecular flexibility index (Phi) is 80.5. The Labute approximate surface area is 770 Å². The minimum atomic E-state index is -1.54. The molecule has 6 atom stereocenters. The van der Waals surface area contributed by atoms with E-state index in [1.54, 1.807) is 0 Å². The van der Waals surface area contributed by atoms with E-state index in [1.165, 1.54) is 0 Å². The van der Waals surface area contributed by atoms with Crippen LogP contribution in [0.2, 0.25) is 0 Å². The largest absolute Gasteiger partial charge is 0.480 e. The molecule has 0 radical (unpaired) electrons. The van der Waals surface area contributed by atoms with E-state index >= 15 is 0 Å². The molecule has 68 nitrogen and oxygen atoms in total. The highest BCUT2D eigenvalue weighted by atomic mass is 32.2. The first-order valence-corrected chi connectivity index (χ1v) is 42.9. The monoisotopic (exact) mass is 2030 g/mol. The number of amides is 4. The maximum atomic E-state index is 11.8. The highest BCUT2D eigenvalue weighted by Crippen LogP contribution is 2.17. The second kappa shape index (κ2) is 85.1. The van der Waals surface area contributed by atoms with Crippen LogP contribution in [0.1, 0.15) is 141 Å². The standard InChI is InChI=1S/C17H27N5O18S.C17H29N3O12S.C15H25N3O10S.C13H21N3O14S/c23-15(24)14(18-16(25)35-7-3-1-5-12(39-21(31)32)9-37-19(27)28)11-41-17(26)36-8-4-2-6-13(40-22(33)34)10-38-20(29)30;21-15(22)14(18-16(23)29-9-5-1-3-7-11-31-19(25)26)13-33-17(24)30-10-6-2-4-8-12-32-20(27)28;19-13(7-3-1-5-9-27-17(23)24)16-12(15(21)22)11-29-14(20)8-4-2-6-10-28-18(25)26;17-11(18)10(14-12(19)27-5-1-25-3-7-29-15(21)22)9-31-13(20)28-6-2-26-4-8-30-16(23)24/h12-14H,1-11H2,(H,18,25)(H,23,24);14H,1-13H2,(H,18,23)(H,21,22);12H,1-11H2,(H,16,19)(H,21,22);10H,1-9H2,(H,14,19)(H,17,18). The zero-order chi connectivity index (χ0) is 102. The Bertz CT molecular complexity index is 3540. The molecule has 0 saturated heterocycles. The minimum absolute atomic E-state index is 0.00381. The highest BCUT2D eigenvalue weighted by Gasteiger charge is 2.28. The lowest BCUT2D eigenvalue weighted by Crippen LogP contribution is -2.43. The molecule has 72 heteroatoms. The minimum Gasteiger partial charge on any atom is -0.480 e. The van der Waals surface area contributed by atoms with Gasteiger partial charge in [-0.2, -0.15) is 0 Å². The Morgan fingerprint density at radius 3 is 0.813 bits per heavy atom. The number of carbonyl (C=O) groups is 12. The number of nitrogens with zero attached hydrogens (tertiary/aromatic N) is 10. The fourth-order valence-corrected chi connectivity index (χ4v) is 11.5. The zero-order valence-corrected chi connectivity index (χ0v) is 74.1. The number of rotatable bonds is 80. The summed E-state index contributed by atoms with van der Waals surface area (Å²) >= 11 is 2.34. The quantitative estimate of drug-likeness (QED) is 0.0138. The molecule has 0 aromatic carbocycles. The molecule has 0 heterocycles. The SMILES string of the molecule is O=C(CCCCCO[N+](=O)[O-])NC(CSC(=O)CCCCCO[N+](=O)[O-])C(=O)O.O=C(NC(CSC(=O)OCCCCC(CO[N+](=O)[O-])O[N+](=O)[O-])C(=O)O)OCCCCC(CO[N+](=O)[O-])O[N+](=O)[O-].O=C(NC(CSC(=O)OCCCCCCO[N+](=O)[O-])C(=O)O)OCCCCCCO[N+](=O)[O-].O=C(NC(CSC(=O)OCCOCCO[N+](=O)[O-])C(=O)O)OCCOCCO[N+](=O)[O-]. The van der Waals surface area contributed by atoms with Gasteiger partial charge in [0.05, 0.1) is 79.3 Å². The van der Waals surface area contributed by atoms with Gasteiger partial charge in [-0.1, -0.05) is 37.4 Å². The van der Waals surface area contributed by atoms with Gasteiger partial charge in [-0.15, -0.1) is 101 Å². The van der Waals surface area contributed by atoms with Crippen molar-refractivity contribution >= 4 is 116 Å². The van der Waals surface area contributed by atoms with Crippen LogP contribution in [0.15, 0.2) is 0 Å². The molecule has 0 aliphatic carbocycles.